The van der Waals surface area contributed by atoms with Crippen LogP contribution in [-0.2, 0) is 10.0 Å². The molecular formula is C17H27N5O3S. The number of carbonyl (C=O) groups excluding carboxylic acids is 1. The van der Waals surface area contributed by atoms with E-state index in [9.17, 15) is 13.2 Å². The third-order valence-corrected chi connectivity index (χ3v) is 5.59. The molecule has 0 radical (unpaired) electrons. The Morgan fingerprint density at radius 3 is 2.69 bits per heavy atom. The molecular weight excluding hydrogens is 354 g/mol. The summed E-state index contributed by atoms with van der Waals surface area (Å²) in [5, 5.41) is 2.99. The van der Waals surface area contributed by atoms with E-state index >= 15 is 0 Å². The highest BCUT2D eigenvalue weighted by Crippen LogP contribution is 2.27. The lowest BCUT2D eigenvalue weighted by Gasteiger charge is -2.36. The summed E-state index contributed by atoms with van der Waals surface area (Å²) in [5.74, 6) is 0.807. The van der Waals surface area contributed by atoms with Crippen molar-refractivity contribution < 1.29 is 13.2 Å². The molecule has 0 bridgehead atoms. The van der Waals surface area contributed by atoms with E-state index in [0.717, 1.165) is 57.3 Å². The first-order chi connectivity index (χ1) is 12.4. The predicted octanol–water partition coefficient (Wildman–Crippen LogP) is 1.62. The normalized spacial score (nSPS) is 21.0. The summed E-state index contributed by atoms with van der Waals surface area (Å²) in [6.45, 7) is 2.77. The lowest BCUT2D eigenvalue weighted by molar-refractivity contribution is 0.164. The molecule has 2 saturated heterocycles. The summed E-state index contributed by atoms with van der Waals surface area (Å²) in [7, 11) is -3.27. The molecule has 1 aromatic rings. The maximum Gasteiger partial charge on any atom is 0.322 e. The van der Waals surface area contributed by atoms with Crippen LogP contribution in [0.1, 0.15) is 32.1 Å². The van der Waals surface area contributed by atoms with Gasteiger partial charge in [0, 0.05) is 38.4 Å². The second-order valence-electron chi connectivity index (χ2n) is 6.96. The molecule has 1 atom stereocenters. The molecule has 144 valence electrons. The van der Waals surface area contributed by atoms with Crippen molar-refractivity contribution >= 4 is 27.6 Å². The standard InChI is InChI=1S/C17H27N5O3S/c1-26(24,25)19-13-14-7-2-3-12-22(14)17(23)20-15-8-6-9-18-16(15)21-10-4-5-11-21/h6,8-9,14,19H,2-5,7,10-13H2,1H3,(H,20,23)/t14-/m1/s1. The van der Waals surface area contributed by atoms with Gasteiger partial charge in [-0.15, -0.1) is 0 Å². The van der Waals surface area contributed by atoms with Crippen LogP contribution in [0.25, 0.3) is 0 Å². The molecule has 8 nitrogen and oxygen atoms in total. The van der Waals surface area contributed by atoms with Crippen LogP contribution in [0, 0.1) is 0 Å². The number of sulfonamides is 1. The van der Waals surface area contributed by atoms with Crippen LogP contribution in [0.15, 0.2) is 18.3 Å². The summed E-state index contributed by atoms with van der Waals surface area (Å²) in [5.41, 5.74) is 0.708. The van der Waals surface area contributed by atoms with Gasteiger partial charge in [-0.3, -0.25) is 0 Å². The molecule has 0 aromatic carbocycles. The van der Waals surface area contributed by atoms with Gasteiger partial charge in [-0.1, -0.05) is 0 Å². The molecule has 0 spiro atoms. The summed E-state index contributed by atoms with van der Waals surface area (Å²) in [6.07, 6.45) is 7.86. The van der Waals surface area contributed by atoms with Crippen LogP contribution in [0.3, 0.4) is 0 Å². The van der Waals surface area contributed by atoms with Crippen molar-refractivity contribution in [3.8, 4) is 0 Å². The number of hydrogen-bond acceptors (Lipinski definition) is 5. The zero-order chi connectivity index (χ0) is 18.6. The van der Waals surface area contributed by atoms with Crippen LogP contribution in [-0.4, -0.2) is 62.8 Å². The lowest BCUT2D eigenvalue weighted by Crippen LogP contribution is -2.50. The molecule has 0 aliphatic carbocycles. The third kappa shape index (κ3) is 4.85. The largest absolute Gasteiger partial charge is 0.355 e. The third-order valence-electron chi connectivity index (χ3n) is 4.90. The number of urea groups is 1. The number of likely N-dealkylation sites (tertiary alicyclic amines) is 1. The van der Waals surface area contributed by atoms with Gasteiger partial charge >= 0.3 is 6.03 Å². The average Bonchev–Trinajstić information content (AvgIpc) is 3.14. The molecule has 2 aliphatic heterocycles. The van der Waals surface area contributed by atoms with Crippen molar-refractivity contribution in [1.29, 1.82) is 0 Å². The highest BCUT2D eigenvalue weighted by Gasteiger charge is 2.28. The Morgan fingerprint density at radius 1 is 1.23 bits per heavy atom. The van der Waals surface area contributed by atoms with Gasteiger partial charge in [-0.05, 0) is 44.2 Å². The van der Waals surface area contributed by atoms with Gasteiger partial charge in [0.15, 0.2) is 5.82 Å². The highest BCUT2D eigenvalue weighted by molar-refractivity contribution is 7.88. The first-order valence-corrected chi connectivity index (χ1v) is 11.1. The van der Waals surface area contributed by atoms with E-state index in [0.29, 0.717) is 12.2 Å². The van der Waals surface area contributed by atoms with Crippen molar-refractivity contribution in [2.75, 3.05) is 42.7 Å². The fourth-order valence-corrected chi connectivity index (χ4v) is 4.09. The van der Waals surface area contributed by atoms with Crippen molar-refractivity contribution in [1.82, 2.24) is 14.6 Å². The fourth-order valence-electron chi connectivity index (χ4n) is 3.59. The Labute approximate surface area is 155 Å². The lowest BCUT2D eigenvalue weighted by atomic mass is 10.0. The van der Waals surface area contributed by atoms with Crippen molar-refractivity contribution in [3.63, 3.8) is 0 Å². The van der Waals surface area contributed by atoms with Crippen molar-refractivity contribution in [3.05, 3.63) is 18.3 Å². The second kappa shape index (κ2) is 8.22. The second-order valence-corrected chi connectivity index (χ2v) is 8.80. The maximum absolute atomic E-state index is 12.9. The molecule has 3 heterocycles. The van der Waals surface area contributed by atoms with E-state index in [1.54, 1.807) is 11.1 Å². The number of hydrogen-bond donors (Lipinski definition) is 2. The van der Waals surface area contributed by atoms with E-state index < -0.39 is 10.0 Å². The minimum absolute atomic E-state index is 0.134. The quantitative estimate of drug-likeness (QED) is 0.808. The van der Waals surface area contributed by atoms with E-state index in [2.05, 4.69) is 19.9 Å². The van der Waals surface area contributed by atoms with Gasteiger partial charge in [-0.25, -0.2) is 22.9 Å². The van der Waals surface area contributed by atoms with Crippen LogP contribution in [0.2, 0.25) is 0 Å². The molecule has 0 saturated carbocycles. The number of nitrogens with zero attached hydrogens (tertiary/aromatic N) is 3. The van der Waals surface area contributed by atoms with Gasteiger partial charge in [0.25, 0.3) is 0 Å². The fraction of sp³-hybridized carbons (Fsp3) is 0.647. The number of carbonyl (C=O) groups is 1. The molecule has 1 aromatic heterocycles. The smallest absolute Gasteiger partial charge is 0.322 e. The van der Waals surface area contributed by atoms with Crippen molar-refractivity contribution in [2.24, 2.45) is 0 Å². The van der Waals surface area contributed by atoms with Crippen LogP contribution >= 0.6 is 0 Å². The Bertz CT molecular complexity index is 734. The molecule has 2 amide bonds. The first kappa shape index (κ1) is 18.9. The Balaban J connectivity index is 1.70. The van der Waals surface area contributed by atoms with Gasteiger partial charge in [0.05, 0.1) is 11.9 Å². The molecule has 2 aliphatic rings. The van der Waals surface area contributed by atoms with E-state index in [1.807, 2.05) is 12.1 Å². The van der Waals surface area contributed by atoms with E-state index in [-0.39, 0.29) is 18.6 Å². The first-order valence-electron chi connectivity index (χ1n) is 9.16. The minimum Gasteiger partial charge on any atom is -0.355 e. The Hall–Kier alpha value is -1.87. The molecule has 26 heavy (non-hydrogen) atoms. The number of pyridine rings is 1. The van der Waals surface area contributed by atoms with Crippen LogP contribution in [0.5, 0.6) is 0 Å². The number of amides is 2. The number of aromatic nitrogens is 1. The van der Waals surface area contributed by atoms with Gasteiger partial charge < -0.3 is 15.1 Å². The Morgan fingerprint density at radius 2 is 1.96 bits per heavy atom. The van der Waals surface area contributed by atoms with Crippen LogP contribution in [0.4, 0.5) is 16.3 Å². The van der Waals surface area contributed by atoms with E-state index in [4.69, 9.17) is 0 Å². The summed E-state index contributed by atoms with van der Waals surface area (Å²) in [6, 6.07) is 3.35. The average molecular weight is 382 g/mol. The number of rotatable bonds is 5. The van der Waals surface area contributed by atoms with Crippen LogP contribution < -0.4 is 14.9 Å². The minimum atomic E-state index is -3.27. The molecule has 0 unspecified atom stereocenters. The summed E-state index contributed by atoms with van der Waals surface area (Å²) < 4.78 is 25.3. The zero-order valence-corrected chi connectivity index (χ0v) is 16.0. The van der Waals surface area contributed by atoms with Gasteiger partial charge in [0.2, 0.25) is 10.0 Å². The molecule has 2 fully saturated rings. The monoisotopic (exact) mass is 381 g/mol. The number of piperidine rings is 1. The molecule has 3 rings (SSSR count). The number of anilines is 2. The SMILES string of the molecule is CS(=O)(=O)NC[C@H]1CCCCN1C(=O)Nc1cccnc1N1CCCC1. The predicted molar refractivity (Wildman–Crippen MR) is 102 cm³/mol. The summed E-state index contributed by atoms with van der Waals surface area (Å²) >= 11 is 0. The zero-order valence-electron chi connectivity index (χ0n) is 15.1. The Kier molecular flexibility index (Phi) is 5.98. The van der Waals surface area contributed by atoms with Gasteiger partial charge in [-0.2, -0.15) is 0 Å². The maximum atomic E-state index is 12.9. The van der Waals surface area contributed by atoms with Crippen molar-refractivity contribution in [2.45, 2.75) is 38.1 Å². The molecule has 2 N–H and O–H groups in total. The summed E-state index contributed by atoms with van der Waals surface area (Å²) in [4.78, 5) is 21.2. The topological polar surface area (TPSA) is 94.6 Å². The highest BCUT2D eigenvalue weighted by atomic mass is 32.2. The van der Waals surface area contributed by atoms with E-state index in [1.165, 1.54) is 0 Å². The molecule has 9 heteroatoms. The number of nitrogens with one attached hydrogen (secondary N) is 2. The van der Waals surface area contributed by atoms with Gasteiger partial charge in [0.1, 0.15) is 0 Å².